The standard InChI is InChI=1S/C22H34FN5O4/c1-14(15-6-7-17(16(23)12-15)25-18(29)13-24)19(26-21(31)32-22(2,3)4)20(30)28-10-8-27(5)9-11-28/h6-7,12,14,19H,8-11,13,24H2,1-5H3,(H,25,29)(H,26,31)/t14-,19+/m0/s1. The number of ether oxygens (including phenoxy) is 1. The van der Waals surface area contributed by atoms with E-state index >= 15 is 0 Å². The maximum absolute atomic E-state index is 14.6. The van der Waals surface area contributed by atoms with Gasteiger partial charge >= 0.3 is 6.09 Å². The van der Waals surface area contributed by atoms with Crippen molar-refractivity contribution in [3.63, 3.8) is 0 Å². The van der Waals surface area contributed by atoms with Gasteiger partial charge in [-0.05, 0) is 45.5 Å². The molecular formula is C22H34FN5O4. The Hall–Kier alpha value is -2.72. The topological polar surface area (TPSA) is 117 Å². The Morgan fingerprint density at radius 3 is 2.34 bits per heavy atom. The number of anilines is 1. The van der Waals surface area contributed by atoms with Crippen LogP contribution in [0.2, 0.25) is 0 Å². The van der Waals surface area contributed by atoms with Gasteiger partial charge < -0.3 is 30.9 Å². The van der Waals surface area contributed by atoms with Crippen LogP contribution >= 0.6 is 0 Å². The van der Waals surface area contributed by atoms with Crippen LogP contribution in [0.25, 0.3) is 0 Å². The van der Waals surface area contributed by atoms with Gasteiger partial charge in [0.2, 0.25) is 11.8 Å². The van der Waals surface area contributed by atoms with Gasteiger partial charge in [-0.3, -0.25) is 9.59 Å². The number of carbonyl (C=O) groups excluding carboxylic acids is 3. The molecule has 32 heavy (non-hydrogen) atoms. The molecule has 1 heterocycles. The van der Waals surface area contributed by atoms with Crippen molar-refractivity contribution in [3.8, 4) is 0 Å². The highest BCUT2D eigenvalue weighted by atomic mass is 19.1. The summed E-state index contributed by atoms with van der Waals surface area (Å²) in [5.41, 5.74) is 5.02. The van der Waals surface area contributed by atoms with Gasteiger partial charge in [0.1, 0.15) is 17.5 Å². The van der Waals surface area contributed by atoms with Crippen LogP contribution in [0.5, 0.6) is 0 Å². The second-order valence-electron chi connectivity index (χ2n) is 9.03. The average molecular weight is 452 g/mol. The summed E-state index contributed by atoms with van der Waals surface area (Å²) in [4.78, 5) is 41.1. The van der Waals surface area contributed by atoms with Gasteiger partial charge in [0.05, 0.1) is 12.2 Å². The molecule has 1 saturated heterocycles. The molecule has 0 bridgehead atoms. The molecule has 1 aromatic carbocycles. The van der Waals surface area contributed by atoms with Crippen molar-refractivity contribution in [2.75, 3.05) is 45.1 Å². The number of halogens is 1. The minimum atomic E-state index is -0.947. The lowest BCUT2D eigenvalue weighted by Gasteiger charge is -2.36. The summed E-state index contributed by atoms with van der Waals surface area (Å²) < 4.78 is 19.9. The van der Waals surface area contributed by atoms with Crippen molar-refractivity contribution in [2.24, 2.45) is 5.73 Å². The molecule has 1 aliphatic rings. The lowest BCUT2D eigenvalue weighted by molar-refractivity contribution is -0.135. The van der Waals surface area contributed by atoms with Crippen LogP contribution in [-0.2, 0) is 14.3 Å². The maximum Gasteiger partial charge on any atom is 0.408 e. The molecule has 3 amide bonds. The third kappa shape index (κ3) is 7.16. The molecule has 9 nitrogen and oxygen atoms in total. The van der Waals surface area contributed by atoms with E-state index in [9.17, 15) is 18.8 Å². The fourth-order valence-electron chi connectivity index (χ4n) is 3.37. The molecule has 0 saturated carbocycles. The predicted octanol–water partition coefficient (Wildman–Crippen LogP) is 1.49. The summed E-state index contributed by atoms with van der Waals surface area (Å²) in [5.74, 6) is -1.97. The summed E-state index contributed by atoms with van der Waals surface area (Å²) >= 11 is 0. The van der Waals surface area contributed by atoms with Crippen molar-refractivity contribution < 1.29 is 23.5 Å². The monoisotopic (exact) mass is 451 g/mol. The zero-order valence-corrected chi connectivity index (χ0v) is 19.4. The van der Waals surface area contributed by atoms with Gasteiger partial charge in [0.25, 0.3) is 0 Å². The fourth-order valence-corrected chi connectivity index (χ4v) is 3.37. The smallest absolute Gasteiger partial charge is 0.408 e. The van der Waals surface area contributed by atoms with Gasteiger partial charge in [0.15, 0.2) is 0 Å². The number of alkyl carbamates (subject to hydrolysis) is 1. The highest BCUT2D eigenvalue weighted by Crippen LogP contribution is 2.26. The molecule has 4 N–H and O–H groups in total. The molecule has 0 aliphatic carbocycles. The SMILES string of the molecule is C[C@@H](c1ccc(NC(=O)CN)c(F)c1)[C@@H](NC(=O)OC(C)(C)C)C(=O)N1CCN(C)CC1. The van der Waals surface area contributed by atoms with Crippen LogP contribution in [-0.4, -0.2) is 79.1 Å². The van der Waals surface area contributed by atoms with Gasteiger partial charge in [-0.25, -0.2) is 9.18 Å². The normalized spacial score (nSPS) is 16.8. The first-order valence-corrected chi connectivity index (χ1v) is 10.7. The number of rotatable bonds is 6. The molecule has 2 rings (SSSR count). The average Bonchev–Trinajstić information content (AvgIpc) is 2.71. The number of nitrogens with one attached hydrogen (secondary N) is 2. The molecule has 1 aromatic rings. The summed E-state index contributed by atoms with van der Waals surface area (Å²) in [6.07, 6.45) is -0.718. The number of hydrogen-bond donors (Lipinski definition) is 3. The Labute approximate surface area is 188 Å². The van der Waals surface area contributed by atoms with Gasteiger partial charge in [-0.2, -0.15) is 0 Å². The van der Waals surface area contributed by atoms with Crippen LogP contribution in [0.15, 0.2) is 18.2 Å². The lowest BCUT2D eigenvalue weighted by Crippen LogP contribution is -2.56. The Bertz CT molecular complexity index is 834. The maximum atomic E-state index is 14.6. The third-order valence-electron chi connectivity index (χ3n) is 5.23. The molecule has 178 valence electrons. The van der Waals surface area contributed by atoms with Crippen molar-refractivity contribution in [1.82, 2.24) is 15.1 Å². The first kappa shape index (κ1) is 25.5. The number of likely N-dealkylation sites (N-methyl/N-ethyl adjacent to an activating group) is 1. The number of nitrogens with two attached hydrogens (primary N) is 1. The first-order chi connectivity index (χ1) is 14.9. The van der Waals surface area contributed by atoms with E-state index in [2.05, 4.69) is 15.5 Å². The Morgan fingerprint density at radius 1 is 1.19 bits per heavy atom. The Kier molecular flexibility index (Phi) is 8.57. The molecule has 0 aromatic heterocycles. The zero-order valence-electron chi connectivity index (χ0n) is 19.4. The molecular weight excluding hydrogens is 417 g/mol. The summed E-state index contributed by atoms with van der Waals surface area (Å²) in [5, 5.41) is 5.06. The van der Waals surface area contributed by atoms with Crippen LogP contribution in [0.1, 0.15) is 39.2 Å². The van der Waals surface area contributed by atoms with E-state index in [1.807, 2.05) is 7.05 Å². The highest BCUT2D eigenvalue weighted by Gasteiger charge is 2.34. The number of benzene rings is 1. The largest absolute Gasteiger partial charge is 0.444 e. The first-order valence-electron chi connectivity index (χ1n) is 10.7. The van der Waals surface area contributed by atoms with Crippen molar-refractivity contribution in [1.29, 1.82) is 0 Å². The number of hydrogen-bond acceptors (Lipinski definition) is 6. The summed E-state index contributed by atoms with van der Waals surface area (Å²) in [6, 6.07) is 3.33. The van der Waals surface area contributed by atoms with Crippen molar-refractivity contribution in [3.05, 3.63) is 29.6 Å². The number of nitrogens with zero attached hydrogens (tertiary/aromatic N) is 2. The molecule has 0 unspecified atom stereocenters. The fraction of sp³-hybridized carbons (Fsp3) is 0.591. The van der Waals surface area contributed by atoms with E-state index in [0.29, 0.717) is 18.7 Å². The minimum absolute atomic E-state index is 0.00144. The van der Waals surface area contributed by atoms with E-state index in [1.54, 1.807) is 38.7 Å². The predicted molar refractivity (Wildman–Crippen MR) is 120 cm³/mol. The Balaban J connectivity index is 2.27. The van der Waals surface area contributed by atoms with Gasteiger partial charge in [0, 0.05) is 32.1 Å². The van der Waals surface area contributed by atoms with Crippen LogP contribution in [0.3, 0.4) is 0 Å². The van der Waals surface area contributed by atoms with E-state index in [-0.39, 0.29) is 18.1 Å². The molecule has 0 radical (unpaired) electrons. The Morgan fingerprint density at radius 2 is 1.81 bits per heavy atom. The molecule has 1 fully saturated rings. The van der Waals surface area contributed by atoms with Crippen molar-refractivity contribution >= 4 is 23.6 Å². The zero-order chi connectivity index (χ0) is 24.1. The molecule has 2 atom stereocenters. The quantitative estimate of drug-likeness (QED) is 0.603. The number of piperazine rings is 1. The number of carbonyl (C=O) groups is 3. The van der Waals surface area contributed by atoms with E-state index in [4.69, 9.17) is 10.5 Å². The lowest BCUT2D eigenvalue weighted by atomic mass is 9.91. The molecule has 10 heteroatoms. The van der Waals surface area contributed by atoms with Gasteiger partial charge in [-0.15, -0.1) is 0 Å². The van der Waals surface area contributed by atoms with Crippen molar-refractivity contribution in [2.45, 2.75) is 45.3 Å². The minimum Gasteiger partial charge on any atom is -0.444 e. The van der Waals surface area contributed by atoms with E-state index in [1.165, 1.54) is 12.1 Å². The summed E-state index contributed by atoms with van der Waals surface area (Å²) in [7, 11) is 1.98. The van der Waals surface area contributed by atoms with Crippen LogP contribution in [0, 0.1) is 5.82 Å². The van der Waals surface area contributed by atoms with Crippen LogP contribution < -0.4 is 16.4 Å². The second-order valence-corrected chi connectivity index (χ2v) is 9.03. The highest BCUT2D eigenvalue weighted by molar-refractivity contribution is 5.92. The molecule has 1 aliphatic heterocycles. The molecule has 0 spiro atoms. The van der Waals surface area contributed by atoms with Crippen LogP contribution in [0.4, 0.5) is 14.9 Å². The summed E-state index contributed by atoms with van der Waals surface area (Å²) in [6.45, 7) is 9.19. The number of amides is 3. The van der Waals surface area contributed by atoms with Gasteiger partial charge in [-0.1, -0.05) is 13.0 Å². The second kappa shape index (κ2) is 10.7. The third-order valence-corrected chi connectivity index (χ3v) is 5.23. The van der Waals surface area contributed by atoms with E-state index < -0.39 is 35.4 Å². The van der Waals surface area contributed by atoms with E-state index in [0.717, 1.165) is 13.1 Å².